The van der Waals surface area contributed by atoms with Crippen LogP contribution >= 0.6 is 11.3 Å². The van der Waals surface area contributed by atoms with Gasteiger partial charge in [-0.25, -0.2) is 4.79 Å². The first-order chi connectivity index (χ1) is 15.7. The number of thiophene rings is 1. The van der Waals surface area contributed by atoms with Gasteiger partial charge in [0, 0.05) is 42.3 Å². The first kappa shape index (κ1) is 22.8. The molecule has 1 atom stereocenters. The van der Waals surface area contributed by atoms with Gasteiger partial charge in [0.1, 0.15) is 6.04 Å². The lowest BCUT2D eigenvalue weighted by Gasteiger charge is -2.29. The van der Waals surface area contributed by atoms with Gasteiger partial charge >= 0.3 is 6.03 Å². The maximum Gasteiger partial charge on any atom is 0.319 e. The van der Waals surface area contributed by atoms with Gasteiger partial charge in [-0.1, -0.05) is 6.07 Å². The average Bonchev–Trinajstić information content (AvgIpc) is 3.30. The van der Waals surface area contributed by atoms with Gasteiger partial charge in [0.2, 0.25) is 11.8 Å². The zero-order chi connectivity index (χ0) is 23.7. The van der Waals surface area contributed by atoms with E-state index in [0.717, 1.165) is 16.1 Å². The number of benzene rings is 1. The number of anilines is 2. The Bertz CT molecular complexity index is 1110. The normalized spacial score (nSPS) is 17.8. The lowest BCUT2D eigenvalue weighted by atomic mass is 10.0. The van der Waals surface area contributed by atoms with Crippen molar-refractivity contribution in [3.05, 3.63) is 45.6 Å². The van der Waals surface area contributed by atoms with E-state index in [4.69, 9.17) is 0 Å². The van der Waals surface area contributed by atoms with E-state index in [2.05, 4.69) is 34.7 Å². The van der Waals surface area contributed by atoms with E-state index in [1.165, 1.54) is 16.2 Å². The summed E-state index contributed by atoms with van der Waals surface area (Å²) in [5, 5.41) is 7.97. The number of carbonyl (C=O) groups is 4. The molecule has 0 aliphatic carbocycles. The molecule has 1 aromatic carbocycles. The van der Waals surface area contributed by atoms with Crippen molar-refractivity contribution in [2.75, 3.05) is 17.3 Å². The number of fused-ring (bicyclic) bond motifs is 1. The molecule has 10 heteroatoms. The molecule has 1 unspecified atom stereocenters. The van der Waals surface area contributed by atoms with E-state index >= 15 is 0 Å². The molecular weight excluding hydrogens is 442 g/mol. The summed E-state index contributed by atoms with van der Waals surface area (Å²) in [4.78, 5) is 53.8. The maximum absolute atomic E-state index is 12.8. The molecule has 1 aromatic heterocycles. The largest absolute Gasteiger partial charge is 0.372 e. The van der Waals surface area contributed by atoms with E-state index in [0.29, 0.717) is 36.1 Å². The van der Waals surface area contributed by atoms with Crippen LogP contribution in [-0.2, 0) is 22.7 Å². The molecule has 2 aliphatic rings. The van der Waals surface area contributed by atoms with Gasteiger partial charge in [0.25, 0.3) is 5.91 Å². The van der Waals surface area contributed by atoms with Crippen molar-refractivity contribution in [3.63, 3.8) is 0 Å². The SMILES string of the molecule is CC(C)N(C)c1cccc(NC(=O)NCc2cc3c(s2)C(=O)N(C2CCC(=O)NC2=O)C3)c1. The summed E-state index contributed by atoms with van der Waals surface area (Å²) in [5.74, 6) is -0.925. The van der Waals surface area contributed by atoms with Gasteiger partial charge in [-0.2, -0.15) is 0 Å². The number of piperidine rings is 1. The third-order valence-corrected chi connectivity index (χ3v) is 7.12. The summed E-state index contributed by atoms with van der Waals surface area (Å²) in [5.41, 5.74) is 2.55. The van der Waals surface area contributed by atoms with Gasteiger partial charge in [0.15, 0.2) is 0 Å². The van der Waals surface area contributed by atoms with Crippen LogP contribution in [0.1, 0.15) is 46.8 Å². The quantitative estimate of drug-likeness (QED) is 0.564. The molecule has 174 valence electrons. The third kappa shape index (κ3) is 4.85. The Labute approximate surface area is 196 Å². The van der Waals surface area contributed by atoms with Crippen molar-refractivity contribution in [1.82, 2.24) is 15.5 Å². The number of hydrogen-bond acceptors (Lipinski definition) is 6. The Hall–Kier alpha value is -3.40. The summed E-state index contributed by atoms with van der Waals surface area (Å²) >= 11 is 1.32. The molecule has 0 bridgehead atoms. The van der Waals surface area contributed by atoms with Crippen LogP contribution in [0.3, 0.4) is 0 Å². The molecule has 0 saturated carbocycles. The highest BCUT2D eigenvalue weighted by Crippen LogP contribution is 2.33. The minimum atomic E-state index is -0.618. The average molecular weight is 470 g/mol. The summed E-state index contributed by atoms with van der Waals surface area (Å²) in [6.07, 6.45) is 0.572. The van der Waals surface area contributed by atoms with Crippen molar-refractivity contribution in [2.24, 2.45) is 0 Å². The first-order valence-corrected chi connectivity index (χ1v) is 11.7. The van der Waals surface area contributed by atoms with Crippen LogP contribution in [0.25, 0.3) is 0 Å². The van der Waals surface area contributed by atoms with Crippen LogP contribution in [0, 0.1) is 0 Å². The van der Waals surface area contributed by atoms with Crippen molar-refractivity contribution >= 4 is 46.5 Å². The Balaban J connectivity index is 1.33. The highest BCUT2D eigenvalue weighted by Gasteiger charge is 2.40. The summed E-state index contributed by atoms with van der Waals surface area (Å²) in [6, 6.07) is 8.92. The summed E-state index contributed by atoms with van der Waals surface area (Å²) in [7, 11) is 2.00. The number of carbonyl (C=O) groups excluding carboxylic acids is 4. The number of hydrogen-bond donors (Lipinski definition) is 3. The molecule has 2 aliphatic heterocycles. The highest BCUT2D eigenvalue weighted by molar-refractivity contribution is 7.14. The minimum absolute atomic E-state index is 0.203. The first-order valence-electron chi connectivity index (χ1n) is 10.9. The maximum atomic E-state index is 12.8. The van der Waals surface area contributed by atoms with Gasteiger partial charge in [-0.15, -0.1) is 11.3 Å². The predicted octanol–water partition coefficient (Wildman–Crippen LogP) is 2.68. The van der Waals surface area contributed by atoms with Crippen LogP contribution in [0.15, 0.2) is 30.3 Å². The minimum Gasteiger partial charge on any atom is -0.372 e. The zero-order valence-corrected chi connectivity index (χ0v) is 19.6. The number of rotatable bonds is 6. The number of urea groups is 1. The number of nitrogens with zero attached hydrogens (tertiary/aromatic N) is 2. The predicted molar refractivity (Wildman–Crippen MR) is 126 cm³/mol. The molecule has 1 saturated heterocycles. The number of nitrogens with one attached hydrogen (secondary N) is 3. The Morgan fingerprint density at radius 2 is 2.06 bits per heavy atom. The third-order valence-electron chi connectivity index (χ3n) is 5.95. The van der Waals surface area contributed by atoms with E-state index < -0.39 is 11.9 Å². The smallest absolute Gasteiger partial charge is 0.319 e. The van der Waals surface area contributed by atoms with Gasteiger partial charge in [-0.05, 0) is 50.1 Å². The second-order valence-corrected chi connectivity index (χ2v) is 9.67. The number of imide groups is 1. The van der Waals surface area contributed by atoms with Crippen LogP contribution in [0.4, 0.5) is 16.2 Å². The monoisotopic (exact) mass is 469 g/mol. The lowest BCUT2D eigenvalue weighted by molar-refractivity contribution is -0.136. The fourth-order valence-corrected chi connectivity index (χ4v) is 5.00. The van der Waals surface area contributed by atoms with Gasteiger partial charge in [0.05, 0.1) is 11.4 Å². The second-order valence-electron chi connectivity index (χ2n) is 8.53. The Morgan fingerprint density at radius 1 is 1.27 bits per heavy atom. The van der Waals surface area contributed by atoms with Crippen LogP contribution in [-0.4, -0.2) is 47.8 Å². The molecule has 0 radical (unpaired) electrons. The molecule has 0 spiro atoms. The molecule has 5 amide bonds. The second kappa shape index (κ2) is 9.22. The topological polar surface area (TPSA) is 111 Å². The molecule has 33 heavy (non-hydrogen) atoms. The van der Waals surface area contributed by atoms with Crippen molar-refractivity contribution in [2.45, 2.75) is 51.9 Å². The van der Waals surface area contributed by atoms with Crippen LogP contribution < -0.4 is 20.9 Å². The van der Waals surface area contributed by atoms with E-state index in [1.807, 2.05) is 37.4 Å². The fourth-order valence-electron chi connectivity index (χ4n) is 3.93. The lowest BCUT2D eigenvalue weighted by Crippen LogP contribution is -2.52. The van der Waals surface area contributed by atoms with Crippen LogP contribution in [0.2, 0.25) is 0 Å². The summed E-state index contributed by atoms with van der Waals surface area (Å²) < 4.78 is 0. The fraction of sp³-hybridized carbons (Fsp3) is 0.391. The Kier molecular flexibility index (Phi) is 6.37. The molecule has 2 aromatic rings. The molecule has 9 nitrogen and oxygen atoms in total. The van der Waals surface area contributed by atoms with E-state index in [9.17, 15) is 19.2 Å². The summed E-state index contributed by atoms with van der Waals surface area (Å²) in [6.45, 7) is 4.82. The molecule has 3 N–H and O–H groups in total. The van der Waals surface area contributed by atoms with Gasteiger partial charge < -0.3 is 20.4 Å². The Morgan fingerprint density at radius 3 is 2.76 bits per heavy atom. The van der Waals surface area contributed by atoms with E-state index in [-0.39, 0.29) is 24.3 Å². The van der Waals surface area contributed by atoms with Gasteiger partial charge in [-0.3, -0.25) is 19.7 Å². The van der Waals surface area contributed by atoms with Crippen LogP contribution in [0.5, 0.6) is 0 Å². The van der Waals surface area contributed by atoms with Crippen molar-refractivity contribution in [1.29, 1.82) is 0 Å². The standard InChI is InChI=1S/C23H27N5O4S/c1-13(2)27(3)16-6-4-5-15(10-16)25-23(32)24-11-17-9-14-12-28(22(31)20(14)33-17)18-7-8-19(29)26-21(18)30/h4-6,9-10,13,18H,7-8,11-12H2,1-3H3,(H2,24,25,32)(H,26,29,30). The molecule has 4 rings (SSSR count). The molecule has 1 fully saturated rings. The molecular formula is C23H27N5O4S. The zero-order valence-electron chi connectivity index (χ0n) is 18.8. The van der Waals surface area contributed by atoms with E-state index in [1.54, 1.807) is 0 Å². The highest BCUT2D eigenvalue weighted by atomic mass is 32.1. The molecule has 3 heterocycles. The number of amides is 5. The van der Waals surface area contributed by atoms with Crippen molar-refractivity contribution < 1.29 is 19.2 Å². The van der Waals surface area contributed by atoms with Crippen molar-refractivity contribution in [3.8, 4) is 0 Å².